The molecule has 4 aromatic rings. The maximum Gasteiger partial charge on any atom is 0.189 e. The second kappa shape index (κ2) is 8.78. The van der Waals surface area contributed by atoms with E-state index in [1.165, 1.54) is 15.9 Å². The first-order valence-electron chi connectivity index (χ1n) is 9.56. The van der Waals surface area contributed by atoms with Crippen molar-refractivity contribution in [3.05, 3.63) is 121 Å². The van der Waals surface area contributed by atoms with Crippen molar-refractivity contribution in [1.29, 1.82) is 0 Å². The van der Waals surface area contributed by atoms with Gasteiger partial charge in [0.05, 0.1) is 12.8 Å². The highest BCUT2D eigenvalue weighted by molar-refractivity contribution is 7.99. The van der Waals surface area contributed by atoms with Gasteiger partial charge in [-0.05, 0) is 66.6 Å². The van der Waals surface area contributed by atoms with Crippen LogP contribution in [0.5, 0.6) is 5.75 Å². The number of ether oxygens (including phenoxy) is 1. The smallest absolute Gasteiger partial charge is 0.189 e. The average Bonchev–Trinajstić information content (AvgIpc) is 2.82. The first-order chi connectivity index (χ1) is 14.3. The lowest BCUT2D eigenvalue weighted by molar-refractivity contribution is 0.415. The van der Waals surface area contributed by atoms with Crippen LogP contribution in [0.4, 0.5) is 0 Å². The minimum absolute atomic E-state index is 0.839. The molecule has 0 N–H and O–H groups in total. The molecule has 0 spiro atoms. The Morgan fingerprint density at radius 2 is 0.966 bits per heavy atom. The molecule has 1 nitrogen and oxygen atoms in total. The molecule has 0 saturated heterocycles. The summed E-state index contributed by atoms with van der Waals surface area (Å²) >= 11 is 0. The fourth-order valence-electron chi connectivity index (χ4n) is 3.42. The largest absolute Gasteiger partial charge is 0.497 e. The van der Waals surface area contributed by atoms with E-state index in [1.807, 2.05) is 24.3 Å². The normalized spacial score (nSPS) is 10.7. The third-order valence-electron chi connectivity index (χ3n) is 4.89. The lowest BCUT2D eigenvalue weighted by atomic mass is 10.2. The van der Waals surface area contributed by atoms with Gasteiger partial charge in [-0.3, -0.25) is 0 Å². The maximum atomic E-state index is 5.28. The van der Waals surface area contributed by atoms with E-state index in [-0.39, 0.29) is 0 Å². The van der Waals surface area contributed by atoms with Crippen molar-refractivity contribution in [2.45, 2.75) is 0 Å². The molecule has 0 heterocycles. The topological polar surface area (TPSA) is 9.23 Å². The molecule has 4 aromatic carbocycles. The molecule has 0 amide bonds. The van der Waals surface area contributed by atoms with E-state index in [1.54, 1.807) is 7.11 Å². The van der Waals surface area contributed by atoms with E-state index >= 15 is 0 Å². The van der Waals surface area contributed by atoms with Gasteiger partial charge in [0, 0.05) is 5.56 Å². The molecular weight excluding hydrogens is 371 g/mol. The van der Waals surface area contributed by atoms with Gasteiger partial charge in [0.1, 0.15) is 21.7 Å². The number of methoxy groups -OCH3 is 1. The molecule has 0 atom stereocenters. The first-order valence-corrected chi connectivity index (χ1v) is 11.3. The third kappa shape index (κ3) is 3.95. The summed E-state index contributed by atoms with van der Waals surface area (Å²) < 4.78 is 5.28. The van der Waals surface area contributed by atoms with Gasteiger partial charge in [-0.1, -0.05) is 54.6 Å². The molecule has 0 aliphatic carbocycles. The molecule has 0 unspecified atom stereocenters. The van der Waals surface area contributed by atoms with E-state index < -0.39 is 7.26 Å². The summed E-state index contributed by atoms with van der Waals surface area (Å²) in [6, 6.07) is 40.0. The Kier molecular flexibility index (Phi) is 5.76. The lowest BCUT2D eigenvalue weighted by Gasteiger charge is -2.21. The van der Waals surface area contributed by atoms with E-state index in [0.29, 0.717) is 0 Å². The third-order valence-corrected chi connectivity index (χ3v) is 8.55. The molecular formula is C27H22OP+. The van der Waals surface area contributed by atoms with E-state index in [2.05, 4.69) is 103 Å². The van der Waals surface area contributed by atoms with Crippen molar-refractivity contribution in [2.24, 2.45) is 0 Å². The lowest BCUT2D eigenvalue weighted by Crippen LogP contribution is -2.29. The summed E-state index contributed by atoms with van der Waals surface area (Å²) in [5, 5.41) is 3.79. The van der Waals surface area contributed by atoms with Crippen LogP contribution in [-0.4, -0.2) is 7.11 Å². The molecule has 29 heavy (non-hydrogen) atoms. The molecule has 0 radical (unpaired) electrons. The highest BCUT2D eigenvalue weighted by Gasteiger charge is 2.44. The van der Waals surface area contributed by atoms with Crippen LogP contribution in [0, 0.1) is 11.6 Å². The van der Waals surface area contributed by atoms with Crippen molar-refractivity contribution in [2.75, 3.05) is 7.11 Å². The average molecular weight is 393 g/mol. The van der Waals surface area contributed by atoms with Gasteiger partial charge in [0.15, 0.2) is 7.26 Å². The Morgan fingerprint density at radius 3 is 1.34 bits per heavy atom. The summed E-state index contributed by atoms with van der Waals surface area (Å²) in [5.41, 5.74) is 4.74. The monoisotopic (exact) mass is 393 g/mol. The van der Waals surface area contributed by atoms with Gasteiger partial charge in [0.2, 0.25) is 0 Å². The second-order valence-corrected chi connectivity index (χ2v) is 9.76. The standard InChI is InChI=1S/C27H22OP/c1-28-24-19-17-23(18-20-24)21-22-29(25-11-5-2-6-12-25,26-13-7-3-8-14-26)27-15-9-4-10-16-27/h2-20H,1H3/q+1. The highest BCUT2D eigenvalue weighted by atomic mass is 31.2. The molecule has 2 heteroatoms. The van der Waals surface area contributed by atoms with Crippen molar-refractivity contribution in [3.8, 4) is 17.3 Å². The fraction of sp³-hybridized carbons (Fsp3) is 0.0370. The number of hydrogen-bond acceptors (Lipinski definition) is 1. The predicted octanol–water partition coefficient (Wildman–Crippen LogP) is 5.00. The first kappa shape index (κ1) is 19.0. The zero-order chi connectivity index (χ0) is 19.9. The fourth-order valence-corrected chi connectivity index (χ4v) is 6.85. The Bertz CT molecular complexity index is 1010. The molecule has 0 fully saturated rings. The van der Waals surface area contributed by atoms with Crippen LogP contribution in [0.1, 0.15) is 5.56 Å². The molecule has 0 bridgehead atoms. The molecule has 4 rings (SSSR count). The van der Waals surface area contributed by atoms with Gasteiger partial charge in [0.25, 0.3) is 0 Å². The van der Waals surface area contributed by atoms with Crippen LogP contribution < -0.4 is 20.7 Å². The SMILES string of the molecule is COc1ccc(C#C[P+](c2ccccc2)(c2ccccc2)c2ccccc2)cc1. The maximum absolute atomic E-state index is 5.28. The Morgan fingerprint density at radius 1 is 0.552 bits per heavy atom. The molecule has 0 aliphatic heterocycles. The molecule has 0 saturated carbocycles. The molecule has 140 valence electrons. The minimum Gasteiger partial charge on any atom is -0.497 e. The summed E-state index contributed by atoms with van der Waals surface area (Å²) in [6.07, 6.45) is 0. The zero-order valence-electron chi connectivity index (χ0n) is 16.3. The Balaban J connectivity index is 1.97. The van der Waals surface area contributed by atoms with Crippen LogP contribution in [0.2, 0.25) is 0 Å². The Hall–Kier alpha value is -3.33. The van der Waals surface area contributed by atoms with Gasteiger partial charge < -0.3 is 4.74 Å². The second-order valence-electron chi connectivity index (χ2n) is 6.64. The van der Waals surface area contributed by atoms with Crippen LogP contribution in [-0.2, 0) is 0 Å². The number of benzene rings is 4. The summed E-state index contributed by atoms with van der Waals surface area (Å²) in [5.74, 6) is 4.31. The molecule has 0 aliphatic rings. The van der Waals surface area contributed by atoms with Crippen molar-refractivity contribution < 1.29 is 4.74 Å². The van der Waals surface area contributed by atoms with Crippen molar-refractivity contribution in [3.63, 3.8) is 0 Å². The van der Waals surface area contributed by atoms with E-state index in [9.17, 15) is 0 Å². The van der Waals surface area contributed by atoms with Crippen LogP contribution in [0.3, 0.4) is 0 Å². The van der Waals surface area contributed by atoms with E-state index in [0.717, 1.165) is 11.3 Å². The zero-order valence-corrected chi connectivity index (χ0v) is 17.2. The molecule has 0 aromatic heterocycles. The van der Waals surface area contributed by atoms with Crippen molar-refractivity contribution >= 4 is 23.2 Å². The van der Waals surface area contributed by atoms with Crippen LogP contribution >= 0.6 is 7.26 Å². The Labute approximate surface area is 173 Å². The number of rotatable bonds is 4. The van der Waals surface area contributed by atoms with Crippen LogP contribution in [0.15, 0.2) is 115 Å². The van der Waals surface area contributed by atoms with Gasteiger partial charge in [-0.2, -0.15) is 0 Å². The minimum atomic E-state index is -2.13. The van der Waals surface area contributed by atoms with Crippen LogP contribution in [0.25, 0.3) is 0 Å². The quantitative estimate of drug-likeness (QED) is 0.350. The van der Waals surface area contributed by atoms with Gasteiger partial charge in [-0.25, -0.2) is 0 Å². The summed E-state index contributed by atoms with van der Waals surface area (Å²) in [7, 11) is -0.452. The van der Waals surface area contributed by atoms with E-state index in [4.69, 9.17) is 4.74 Å². The summed E-state index contributed by atoms with van der Waals surface area (Å²) in [6.45, 7) is 0. The highest BCUT2D eigenvalue weighted by Crippen LogP contribution is 2.54. The van der Waals surface area contributed by atoms with Crippen molar-refractivity contribution in [1.82, 2.24) is 0 Å². The van der Waals surface area contributed by atoms with Gasteiger partial charge >= 0.3 is 0 Å². The predicted molar refractivity (Wildman–Crippen MR) is 125 cm³/mol. The van der Waals surface area contributed by atoms with Gasteiger partial charge in [-0.15, -0.1) is 0 Å². The number of hydrogen-bond donors (Lipinski definition) is 0. The summed E-state index contributed by atoms with van der Waals surface area (Å²) in [4.78, 5) is 0.